The molecular formula is C15H22N6O2S. The Morgan fingerprint density at radius 1 is 1.46 bits per heavy atom. The van der Waals surface area contributed by atoms with Crippen LogP contribution in [0, 0.1) is 0 Å². The number of carbonyl (C=O) groups excluding carboxylic acids is 1. The Morgan fingerprint density at radius 3 is 2.92 bits per heavy atom. The lowest BCUT2D eigenvalue weighted by Gasteiger charge is -2.04. The number of amides is 1. The van der Waals surface area contributed by atoms with E-state index in [0.29, 0.717) is 30.0 Å². The van der Waals surface area contributed by atoms with E-state index in [9.17, 15) is 4.79 Å². The molecule has 0 saturated carbocycles. The van der Waals surface area contributed by atoms with Crippen molar-refractivity contribution >= 4 is 17.7 Å². The minimum absolute atomic E-state index is 0.0711. The zero-order valence-corrected chi connectivity index (χ0v) is 15.0. The molecule has 0 atom stereocenters. The third-order valence-electron chi connectivity index (χ3n) is 3.18. The van der Waals surface area contributed by atoms with Crippen LogP contribution in [-0.4, -0.2) is 49.4 Å². The molecule has 0 aliphatic heterocycles. The van der Waals surface area contributed by atoms with Crippen LogP contribution in [0.3, 0.4) is 0 Å². The second kappa shape index (κ2) is 8.53. The van der Waals surface area contributed by atoms with Crippen molar-refractivity contribution in [2.75, 3.05) is 18.9 Å². The summed E-state index contributed by atoms with van der Waals surface area (Å²) in [4.78, 5) is 11.7. The summed E-state index contributed by atoms with van der Waals surface area (Å²) in [6.45, 7) is 9.20. The smallest absolute Gasteiger partial charge is 0.243 e. The fraction of sp³-hybridized carbons (Fsp3) is 0.467. The lowest BCUT2D eigenvalue weighted by atomic mass is 10.3. The number of rotatable bonds is 9. The summed E-state index contributed by atoms with van der Waals surface area (Å²) >= 11 is 1.33. The van der Waals surface area contributed by atoms with Crippen molar-refractivity contribution in [1.29, 1.82) is 0 Å². The number of nitrogens with one attached hydrogen (secondary N) is 1. The summed E-state index contributed by atoms with van der Waals surface area (Å²) in [6.07, 6.45) is 3.53. The van der Waals surface area contributed by atoms with Crippen LogP contribution in [0.2, 0.25) is 0 Å². The Balaban J connectivity index is 2.16. The number of hydrogen-bond acceptors (Lipinski definition) is 6. The van der Waals surface area contributed by atoms with Gasteiger partial charge in [0.05, 0.1) is 12.4 Å². The molecule has 2 heterocycles. The largest absolute Gasteiger partial charge is 0.476 e. The Kier molecular flexibility index (Phi) is 6.42. The van der Waals surface area contributed by atoms with Crippen LogP contribution in [0.25, 0.3) is 11.4 Å². The number of aromatic nitrogens is 5. The molecule has 8 nitrogen and oxygen atoms in total. The molecule has 0 spiro atoms. The van der Waals surface area contributed by atoms with Crippen molar-refractivity contribution in [3.8, 4) is 17.3 Å². The Morgan fingerprint density at radius 2 is 2.25 bits per heavy atom. The van der Waals surface area contributed by atoms with Gasteiger partial charge in [0.1, 0.15) is 5.56 Å². The number of carbonyl (C=O) groups is 1. The lowest BCUT2D eigenvalue weighted by Crippen LogP contribution is -2.25. The molecule has 1 N–H and O–H groups in total. The van der Waals surface area contributed by atoms with E-state index in [1.165, 1.54) is 11.8 Å². The molecule has 1 amide bonds. The van der Waals surface area contributed by atoms with Crippen LogP contribution in [-0.2, 0) is 18.4 Å². The highest BCUT2D eigenvalue weighted by molar-refractivity contribution is 7.99. The predicted octanol–water partition coefficient (Wildman–Crippen LogP) is 1.49. The quantitative estimate of drug-likeness (QED) is 0.545. The monoisotopic (exact) mass is 350 g/mol. The first-order valence-electron chi connectivity index (χ1n) is 7.71. The van der Waals surface area contributed by atoms with Gasteiger partial charge in [0.2, 0.25) is 11.8 Å². The maximum Gasteiger partial charge on any atom is 0.243 e. The summed E-state index contributed by atoms with van der Waals surface area (Å²) < 4.78 is 9.22. The van der Waals surface area contributed by atoms with Gasteiger partial charge >= 0.3 is 0 Å². The minimum atomic E-state index is -0.0711. The van der Waals surface area contributed by atoms with E-state index >= 15 is 0 Å². The van der Waals surface area contributed by atoms with Gasteiger partial charge < -0.3 is 14.6 Å². The molecule has 0 unspecified atom stereocenters. The van der Waals surface area contributed by atoms with E-state index in [1.807, 2.05) is 31.7 Å². The van der Waals surface area contributed by atoms with E-state index in [-0.39, 0.29) is 11.7 Å². The molecule has 2 aromatic heterocycles. The van der Waals surface area contributed by atoms with Crippen molar-refractivity contribution in [1.82, 2.24) is 29.9 Å². The van der Waals surface area contributed by atoms with Gasteiger partial charge in [0, 0.05) is 26.3 Å². The number of thioether (sulfide) groups is 1. The molecular weight excluding hydrogens is 328 g/mol. The van der Waals surface area contributed by atoms with Gasteiger partial charge in [-0.15, -0.1) is 21.9 Å². The minimum Gasteiger partial charge on any atom is -0.476 e. The van der Waals surface area contributed by atoms with Crippen molar-refractivity contribution in [2.24, 2.45) is 7.05 Å². The maximum atomic E-state index is 11.7. The van der Waals surface area contributed by atoms with E-state index in [4.69, 9.17) is 4.74 Å². The molecule has 0 fully saturated rings. The van der Waals surface area contributed by atoms with E-state index in [2.05, 4.69) is 27.2 Å². The van der Waals surface area contributed by atoms with Crippen LogP contribution in [0.5, 0.6) is 5.88 Å². The summed E-state index contributed by atoms with van der Waals surface area (Å²) in [5, 5.41) is 16.2. The topological polar surface area (TPSA) is 86.9 Å². The normalized spacial score (nSPS) is 10.6. The lowest BCUT2D eigenvalue weighted by molar-refractivity contribution is -0.118. The first-order chi connectivity index (χ1) is 11.6. The second-order valence-electron chi connectivity index (χ2n) is 4.88. The van der Waals surface area contributed by atoms with Crippen molar-refractivity contribution < 1.29 is 9.53 Å². The molecule has 130 valence electrons. The first kappa shape index (κ1) is 18.1. The molecule has 0 aliphatic carbocycles. The van der Waals surface area contributed by atoms with Gasteiger partial charge in [0.15, 0.2) is 11.0 Å². The predicted molar refractivity (Wildman–Crippen MR) is 93.0 cm³/mol. The van der Waals surface area contributed by atoms with E-state index in [1.54, 1.807) is 10.8 Å². The Labute approximate surface area is 145 Å². The van der Waals surface area contributed by atoms with Gasteiger partial charge in [-0.05, 0) is 13.8 Å². The van der Waals surface area contributed by atoms with Crippen molar-refractivity contribution in [3.63, 3.8) is 0 Å². The summed E-state index contributed by atoms with van der Waals surface area (Å²) in [5.41, 5.74) is 0.789. The fourth-order valence-electron chi connectivity index (χ4n) is 2.00. The number of nitrogens with zero attached hydrogens (tertiary/aromatic N) is 5. The molecule has 2 aromatic rings. The SMILES string of the molecule is C=CCNC(=O)CSc1nnc(-c2cn(CC)nc2OCC)n1C. The molecule has 0 bridgehead atoms. The van der Waals surface area contributed by atoms with Gasteiger partial charge in [-0.2, -0.15) is 0 Å². The Bertz CT molecular complexity index is 709. The molecule has 0 aliphatic rings. The second-order valence-corrected chi connectivity index (χ2v) is 5.83. The molecule has 2 rings (SSSR count). The van der Waals surface area contributed by atoms with Gasteiger partial charge in [0.25, 0.3) is 0 Å². The fourth-order valence-corrected chi connectivity index (χ4v) is 2.75. The van der Waals surface area contributed by atoms with Gasteiger partial charge in [-0.25, -0.2) is 0 Å². The number of aryl methyl sites for hydroxylation is 1. The molecule has 0 radical (unpaired) electrons. The number of hydrogen-bond donors (Lipinski definition) is 1. The average Bonchev–Trinajstić information content (AvgIpc) is 3.14. The zero-order chi connectivity index (χ0) is 17.5. The summed E-state index contributed by atoms with van der Waals surface area (Å²) in [7, 11) is 1.86. The molecule has 0 aromatic carbocycles. The standard InChI is InChI=1S/C15H22N6O2S/c1-5-8-16-12(22)10-24-15-18-17-13(20(15)4)11-9-21(6-2)19-14(11)23-7-3/h5,9H,1,6-8,10H2,2-4H3,(H,16,22). The van der Waals surface area contributed by atoms with Crippen LogP contribution in [0.1, 0.15) is 13.8 Å². The van der Waals surface area contributed by atoms with Crippen LogP contribution < -0.4 is 10.1 Å². The highest BCUT2D eigenvalue weighted by Gasteiger charge is 2.19. The van der Waals surface area contributed by atoms with E-state index in [0.717, 1.165) is 12.1 Å². The van der Waals surface area contributed by atoms with E-state index < -0.39 is 0 Å². The Hall–Kier alpha value is -2.29. The zero-order valence-electron chi connectivity index (χ0n) is 14.2. The summed E-state index contributed by atoms with van der Waals surface area (Å²) in [5.74, 6) is 1.40. The van der Waals surface area contributed by atoms with Gasteiger partial charge in [-0.1, -0.05) is 17.8 Å². The third-order valence-corrected chi connectivity index (χ3v) is 4.20. The van der Waals surface area contributed by atoms with Crippen LogP contribution in [0.15, 0.2) is 24.0 Å². The molecule has 0 saturated heterocycles. The highest BCUT2D eigenvalue weighted by Crippen LogP contribution is 2.29. The molecule has 9 heteroatoms. The number of ether oxygens (including phenoxy) is 1. The third kappa shape index (κ3) is 4.16. The average molecular weight is 350 g/mol. The maximum absolute atomic E-state index is 11.7. The van der Waals surface area contributed by atoms with Crippen molar-refractivity contribution in [2.45, 2.75) is 25.5 Å². The summed E-state index contributed by atoms with van der Waals surface area (Å²) in [6, 6.07) is 0. The van der Waals surface area contributed by atoms with Gasteiger partial charge in [-0.3, -0.25) is 9.48 Å². The first-order valence-corrected chi connectivity index (χ1v) is 8.69. The molecule has 24 heavy (non-hydrogen) atoms. The van der Waals surface area contributed by atoms with Crippen LogP contribution >= 0.6 is 11.8 Å². The van der Waals surface area contributed by atoms with Crippen molar-refractivity contribution in [3.05, 3.63) is 18.9 Å². The highest BCUT2D eigenvalue weighted by atomic mass is 32.2. The van der Waals surface area contributed by atoms with Crippen LogP contribution in [0.4, 0.5) is 0 Å².